The molecule has 0 atom stereocenters. The van der Waals surface area contributed by atoms with E-state index in [1.165, 1.54) is 55.5 Å². The van der Waals surface area contributed by atoms with Gasteiger partial charge in [-0.3, -0.25) is 0 Å². The van der Waals surface area contributed by atoms with Crippen molar-refractivity contribution in [3.05, 3.63) is 222 Å². The van der Waals surface area contributed by atoms with Crippen LogP contribution in [0.5, 0.6) is 0 Å². The molecule has 1 aliphatic rings. The van der Waals surface area contributed by atoms with E-state index in [0.29, 0.717) is 5.89 Å². The fourth-order valence-corrected chi connectivity index (χ4v) is 8.91. The summed E-state index contributed by atoms with van der Waals surface area (Å²) in [5, 5.41) is 4.55. The van der Waals surface area contributed by atoms with Crippen molar-refractivity contribution in [1.82, 2.24) is 4.98 Å². The molecule has 0 saturated heterocycles. The van der Waals surface area contributed by atoms with Crippen LogP contribution in [0.3, 0.4) is 0 Å². The summed E-state index contributed by atoms with van der Waals surface area (Å²) >= 11 is 0. The molecular weight excluding hydrogens is 655 g/mol. The van der Waals surface area contributed by atoms with Gasteiger partial charge in [-0.05, 0) is 108 Å². The Morgan fingerprint density at radius 1 is 0.389 bits per heavy atom. The summed E-state index contributed by atoms with van der Waals surface area (Å²) in [6.45, 7) is 0. The van der Waals surface area contributed by atoms with E-state index in [9.17, 15) is 0 Å². The van der Waals surface area contributed by atoms with Gasteiger partial charge in [0.1, 0.15) is 5.52 Å². The Hall–Kier alpha value is -7.03. The minimum Gasteiger partial charge on any atom is -0.435 e. The van der Waals surface area contributed by atoms with Crippen LogP contribution >= 0.6 is 0 Å². The van der Waals surface area contributed by atoms with Gasteiger partial charge in [0.05, 0.1) is 5.41 Å². The molecule has 0 spiro atoms. The molecule has 1 aromatic heterocycles. The van der Waals surface area contributed by atoms with Gasteiger partial charge in [-0.1, -0.05) is 164 Å². The van der Waals surface area contributed by atoms with Gasteiger partial charge in [0.2, 0.25) is 5.89 Å². The SMILES string of the molecule is c1ccc(-c2nc3ccc4ccc5ccc(-c6cccc(-c7ccc8c(c7)C(c7ccccc7)(c7ccccc7)c7ccccc7-8)c6)cc5c4c3o2)cc1. The van der Waals surface area contributed by atoms with E-state index in [0.717, 1.165) is 38.4 Å². The first kappa shape index (κ1) is 30.6. The van der Waals surface area contributed by atoms with Crippen molar-refractivity contribution in [3.8, 4) is 44.8 Å². The zero-order chi connectivity index (χ0) is 35.6. The molecule has 0 aliphatic heterocycles. The normalized spacial score (nSPS) is 13.0. The Morgan fingerprint density at radius 3 is 1.70 bits per heavy atom. The van der Waals surface area contributed by atoms with Crippen molar-refractivity contribution in [2.75, 3.05) is 0 Å². The summed E-state index contributed by atoms with van der Waals surface area (Å²) in [5.74, 6) is 0.639. The summed E-state index contributed by atoms with van der Waals surface area (Å²) in [6.07, 6.45) is 0. The Morgan fingerprint density at radius 2 is 0.944 bits per heavy atom. The van der Waals surface area contributed by atoms with Crippen LogP contribution in [0.15, 0.2) is 205 Å². The highest BCUT2D eigenvalue weighted by Crippen LogP contribution is 2.56. The van der Waals surface area contributed by atoms with Crippen molar-refractivity contribution >= 4 is 32.6 Å². The lowest BCUT2D eigenvalue weighted by atomic mass is 9.67. The lowest BCUT2D eigenvalue weighted by molar-refractivity contribution is 0.623. The van der Waals surface area contributed by atoms with Gasteiger partial charge in [0.15, 0.2) is 5.58 Å². The number of aromatic nitrogens is 1. The van der Waals surface area contributed by atoms with Gasteiger partial charge in [0.25, 0.3) is 0 Å². The molecule has 0 fully saturated rings. The monoisotopic (exact) mass is 687 g/mol. The highest BCUT2D eigenvalue weighted by Gasteiger charge is 2.46. The maximum atomic E-state index is 6.53. The van der Waals surface area contributed by atoms with Gasteiger partial charge in [-0.2, -0.15) is 0 Å². The van der Waals surface area contributed by atoms with Crippen LogP contribution in [0.25, 0.3) is 77.5 Å². The number of nitrogens with zero attached hydrogens (tertiary/aromatic N) is 1. The van der Waals surface area contributed by atoms with Gasteiger partial charge in [-0.25, -0.2) is 4.98 Å². The van der Waals surface area contributed by atoms with Crippen molar-refractivity contribution in [3.63, 3.8) is 0 Å². The van der Waals surface area contributed by atoms with E-state index < -0.39 is 5.41 Å². The highest BCUT2D eigenvalue weighted by atomic mass is 16.3. The number of hydrogen-bond donors (Lipinski definition) is 0. The minimum absolute atomic E-state index is 0.437. The second-order valence-electron chi connectivity index (χ2n) is 14.3. The quantitative estimate of drug-likeness (QED) is 0.168. The Kier molecular flexibility index (Phi) is 6.80. The molecule has 252 valence electrons. The number of benzene rings is 9. The molecule has 11 rings (SSSR count). The third-order valence-corrected chi connectivity index (χ3v) is 11.4. The smallest absolute Gasteiger partial charge is 0.227 e. The maximum absolute atomic E-state index is 6.53. The third-order valence-electron chi connectivity index (χ3n) is 11.4. The molecule has 2 heteroatoms. The maximum Gasteiger partial charge on any atom is 0.227 e. The van der Waals surface area contributed by atoms with E-state index in [2.05, 4.69) is 170 Å². The van der Waals surface area contributed by atoms with E-state index in [1.54, 1.807) is 0 Å². The molecule has 0 radical (unpaired) electrons. The first-order valence-electron chi connectivity index (χ1n) is 18.5. The zero-order valence-corrected chi connectivity index (χ0v) is 29.4. The molecule has 0 amide bonds. The molecule has 2 nitrogen and oxygen atoms in total. The topological polar surface area (TPSA) is 26.0 Å². The number of fused-ring (bicyclic) bond motifs is 8. The van der Waals surface area contributed by atoms with Crippen molar-refractivity contribution in [2.45, 2.75) is 5.41 Å². The second-order valence-corrected chi connectivity index (χ2v) is 14.3. The Bertz CT molecular complexity index is 2990. The molecule has 54 heavy (non-hydrogen) atoms. The molecule has 0 unspecified atom stereocenters. The van der Waals surface area contributed by atoms with Gasteiger partial charge in [0, 0.05) is 10.9 Å². The van der Waals surface area contributed by atoms with E-state index in [4.69, 9.17) is 9.40 Å². The molecule has 0 saturated carbocycles. The first-order valence-corrected chi connectivity index (χ1v) is 18.5. The van der Waals surface area contributed by atoms with Crippen molar-refractivity contribution in [1.29, 1.82) is 0 Å². The van der Waals surface area contributed by atoms with Crippen LogP contribution in [0.4, 0.5) is 0 Å². The molecule has 1 aliphatic carbocycles. The molecule has 0 bridgehead atoms. The average molecular weight is 688 g/mol. The number of rotatable bonds is 5. The zero-order valence-electron chi connectivity index (χ0n) is 29.4. The summed E-state index contributed by atoms with van der Waals surface area (Å²) in [7, 11) is 0. The lowest BCUT2D eigenvalue weighted by Crippen LogP contribution is -2.28. The van der Waals surface area contributed by atoms with E-state index >= 15 is 0 Å². The van der Waals surface area contributed by atoms with Gasteiger partial charge >= 0.3 is 0 Å². The van der Waals surface area contributed by atoms with Crippen LogP contribution in [-0.4, -0.2) is 4.98 Å². The third kappa shape index (κ3) is 4.57. The Balaban J connectivity index is 1.07. The van der Waals surface area contributed by atoms with Crippen LogP contribution in [0, 0.1) is 0 Å². The van der Waals surface area contributed by atoms with Crippen molar-refractivity contribution in [2.24, 2.45) is 0 Å². The molecular formula is C52H33NO. The van der Waals surface area contributed by atoms with E-state index in [-0.39, 0.29) is 0 Å². The largest absolute Gasteiger partial charge is 0.435 e. The predicted molar refractivity (Wildman–Crippen MR) is 223 cm³/mol. The molecule has 0 N–H and O–H groups in total. The highest BCUT2D eigenvalue weighted by molar-refractivity contribution is 6.18. The minimum atomic E-state index is -0.437. The molecule has 10 aromatic rings. The predicted octanol–water partition coefficient (Wildman–Crippen LogP) is 13.5. The summed E-state index contributed by atoms with van der Waals surface area (Å²) < 4.78 is 6.53. The fourth-order valence-electron chi connectivity index (χ4n) is 8.91. The molecule has 1 heterocycles. The van der Waals surface area contributed by atoms with Crippen LogP contribution in [-0.2, 0) is 5.41 Å². The van der Waals surface area contributed by atoms with Crippen LogP contribution < -0.4 is 0 Å². The summed E-state index contributed by atoms with van der Waals surface area (Å²) in [4.78, 5) is 4.89. The fraction of sp³-hybridized carbons (Fsp3) is 0.0192. The summed E-state index contributed by atoms with van der Waals surface area (Å²) in [5.41, 5.74) is 14.7. The van der Waals surface area contributed by atoms with Crippen molar-refractivity contribution < 1.29 is 4.42 Å². The van der Waals surface area contributed by atoms with Gasteiger partial charge in [-0.15, -0.1) is 0 Å². The second kappa shape index (κ2) is 12.0. The average Bonchev–Trinajstić information content (AvgIpc) is 3.82. The number of oxazole rings is 1. The standard InChI is InChI=1S/C52H33NO/c1-4-13-36(14-5-1)51-53-48-30-28-35-25-23-34-24-26-39(32-45(34)49(35)50(48)54-51)37-15-12-16-38(31-37)40-27-29-44-43-21-10-11-22-46(43)52(47(44)33-40,41-17-6-2-7-18-41)42-19-8-3-9-20-42/h1-33H. The first-order chi connectivity index (χ1) is 26.8. The van der Waals surface area contributed by atoms with Crippen LogP contribution in [0.1, 0.15) is 22.3 Å². The number of hydrogen-bond acceptors (Lipinski definition) is 2. The Labute approximate surface area is 313 Å². The van der Waals surface area contributed by atoms with E-state index in [1.807, 2.05) is 30.3 Å². The van der Waals surface area contributed by atoms with Crippen LogP contribution in [0.2, 0.25) is 0 Å². The summed E-state index contributed by atoms with van der Waals surface area (Å²) in [6, 6.07) is 72.5. The lowest BCUT2D eigenvalue weighted by Gasteiger charge is -2.34. The molecule has 9 aromatic carbocycles. The van der Waals surface area contributed by atoms with Gasteiger partial charge < -0.3 is 4.42 Å².